The molecule has 0 atom stereocenters. The van der Waals surface area contributed by atoms with Crippen molar-refractivity contribution in [1.82, 2.24) is 4.98 Å². The minimum absolute atomic E-state index is 0.0247. The van der Waals surface area contributed by atoms with Gasteiger partial charge in [0.05, 0.1) is 15.4 Å². The summed E-state index contributed by atoms with van der Waals surface area (Å²) in [5, 5.41) is 0.438. The molecule has 0 spiro atoms. The molecule has 7 heteroatoms. The van der Waals surface area contributed by atoms with Gasteiger partial charge in [-0.15, -0.1) is 0 Å². The summed E-state index contributed by atoms with van der Waals surface area (Å²) >= 11 is 6.22. The van der Waals surface area contributed by atoms with Crippen molar-refractivity contribution in [2.24, 2.45) is 0 Å². The summed E-state index contributed by atoms with van der Waals surface area (Å²) in [6.45, 7) is 1.83. The van der Waals surface area contributed by atoms with Crippen molar-refractivity contribution >= 4 is 32.3 Å². The number of fused-ring (bicyclic) bond motifs is 1. The number of hydrogen-bond donors (Lipinski definition) is 0. The fraction of sp³-hybridized carbons (Fsp3) is 0.0625. The molecule has 23 heavy (non-hydrogen) atoms. The first-order chi connectivity index (χ1) is 10.8. The highest BCUT2D eigenvalue weighted by Gasteiger charge is 2.24. The molecule has 0 saturated carbocycles. The van der Waals surface area contributed by atoms with Gasteiger partial charge in [-0.25, -0.2) is 17.2 Å². The van der Waals surface area contributed by atoms with Crippen molar-refractivity contribution < 1.29 is 17.2 Å². The van der Waals surface area contributed by atoms with Crippen molar-refractivity contribution in [3.63, 3.8) is 0 Å². The Morgan fingerprint density at radius 1 is 1.04 bits per heavy atom. The average Bonchev–Trinajstić information content (AvgIpc) is 2.47. The van der Waals surface area contributed by atoms with Crippen LogP contribution in [0.1, 0.15) is 5.56 Å². The Balaban J connectivity index is 2.28. The van der Waals surface area contributed by atoms with Crippen molar-refractivity contribution in [1.29, 1.82) is 0 Å². The van der Waals surface area contributed by atoms with E-state index in [-0.39, 0.29) is 9.92 Å². The third-order valence-electron chi connectivity index (χ3n) is 3.36. The van der Waals surface area contributed by atoms with E-state index in [2.05, 4.69) is 4.98 Å². The normalized spacial score (nSPS) is 11.8. The van der Waals surface area contributed by atoms with Gasteiger partial charge >= 0.3 is 0 Å². The second kappa shape index (κ2) is 5.54. The van der Waals surface area contributed by atoms with E-state index in [1.165, 1.54) is 0 Å². The molecule has 0 saturated heterocycles. The molecule has 0 radical (unpaired) electrons. The predicted octanol–water partition coefficient (Wildman–Crippen LogP) is 4.31. The Kier molecular flexibility index (Phi) is 3.82. The Bertz CT molecular complexity index is 1020. The van der Waals surface area contributed by atoms with Gasteiger partial charge in [0.2, 0.25) is 9.84 Å². The first-order valence-corrected chi connectivity index (χ1v) is 8.41. The summed E-state index contributed by atoms with van der Waals surface area (Å²) in [6, 6.07) is 7.33. The predicted molar refractivity (Wildman–Crippen MR) is 83.3 cm³/mol. The van der Waals surface area contributed by atoms with Crippen molar-refractivity contribution in [3.05, 3.63) is 64.8 Å². The summed E-state index contributed by atoms with van der Waals surface area (Å²) in [6.07, 6.45) is 1.10. The van der Waals surface area contributed by atoms with Crippen molar-refractivity contribution in [3.8, 4) is 0 Å². The largest absolute Gasteiger partial charge is 0.255 e. The molecule has 0 amide bonds. The monoisotopic (exact) mass is 353 g/mol. The van der Waals surface area contributed by atoms with E-state index >= 15 is 0 Å². The van der Waals surface area contributed by atoms with Gasteiger partial charge in [0, 0.05) is 17.6 Å². The number of hydrogen-bond acceptors (Lipinski definition) is 3. The van der Waals surface area contributed by atoms with Gasteiger partial charge in [-0.1, -0.05) is 23.2 Å². The van der Waals surface area contributed by atoms with Crippen LogP contribution in [0.15, 0.2) is 52.4 Å². The Labute approximate surface area is 136 Å². The highest BCUT2D eigenvalue weighted by molar-refractivity contribution is 7.91. The van der Waals surface area contributed by atoms with E-state index in [1.54, 1.807) is 12.1 Å². The van der Waals surface area contributed by atoms with Gasteiger partial charge in [-0.05, 0) is 31.2 Å². The second-order valence-corrected chi connectivity index (χ2v) is 7.36. The zero-order valence-electron chi connectivity index (χ0n) is 11.8. The Morgan fingerprint density at radius 3 is 2.35 bits per heavy atom. The molecular weight excluding hydrogens is 344 g/mol. The molecule has 0 aliphatic rings. The lowest BCUT2D eigenvalue weighted by atomic mass is 10.1. The van der Waals surface area contributed by atoms with E-state index < -0.39 is 26.4 Å². The van der Waals surface area contributed by atoms with Crippen LogP contribution in [0.25, 0.3) is 10.9 Å². The first kappa shape index (κ1) is 15.8. The third-order valence-corrected chi connectivity index (χ3v) is 5.63. The number of sulfone groups is 1. The number of nitrogens with zero attached hydrogens (tertiary/aromatic N) is 1. The number of benzene rings is 2. The van der Waals surface area contributed by atoms with Gasteiger partial charge in [-0.3, -0.25) is 4.98 Å². The van der Waals surface area contributed by atoms with Crippen LogP contribution in [0.2, 0.25) is 5.02 Å². The van der Waals surface area contributed by atoms with Crippen LogP contribution >= 0.6 is 11.6 Å². The van der Waals surface area contributed by atoms with Gasteiger partial charge in [-0.2, -0.15) is 0 Å². The van der Waals surface area contributed by atoms with E-state index in [4.69, 9.17) is 11.6 Å². The highest BCUT2D eigenvalue weighted by Crippen LogP contribution is 2.33. The van der Waals surface area contributed by atoms with Crippen molar-refractivity contribution in [2.75, 3.05) is 0 Å². The number of halogens is 3. The van der Waals surface area contributed by atoms with Crippen LogP contribution in [-0.2, 0) is 9.84 Å². The zero-order valence-corrected chi connectivity index (χ0v) is 13.4. The van der Waals surface area contributed by atoms with E-state index in [0.29, 0.717) is 17.0 Å². The fourth-order valence-corrected chi connectivity index (χ4v) is 4.09. The van der Waals surface area contributed by atoms with Crippen LogP contribution in [0, 0.1) is 18.6 Å². The number of aromatic nitrogens is 1. The third kappa shape index (κ3) is 2.80. The lowest BCUT2D eigenvalue weighted by Crippen LogP contribution is -2.05. The SMILES string of the molecule is Cc1ccc2ncc(S(=O)(=O)c3cc(F)cc(F)c3)c(Cl)c2c1. The molecule has 3 nitrogen and oxygen atoms in total. The maximum Gasteiger partial charge on any atom is 0.209 e. The standard InChI is InChI=1S/C16H10ClF2NO2S/c1-9-2-3-14-13(4-9)16(17)15(8-20-14)23(21,22)12-6-10(18)5-11(19)7-12/h2-8H,1H3. The molecule has 0 aliphatic heterocycles. The zero-order chi connectivity index (χ0) is 16.8. The molecule has 1 aromatic heterocycles. The van der Waals surface area contributed by atoms with E-state index in [1.807, 2.05) is 13.0 Å². The number of rotatable bonds is 2. The minimum Gasteiger partial charge on any atom is -0.255 e. The molecule has 3 aromatic rings. The summed E-state index contributed by atoms with van der Waals surface area (Å²) < 4.78 is 51.9. The van der Waals surface area contributed by atoms with E-state index in [9.17, 15) is 17.2 Å². The molecule has 0 fully saturated rings. The average molecular weight is 354 g/mol. The first-order valence-electron chi connectivity index (χ1n) is 6.55. The van der Waals surface area contributed by atoms with Crippen LogP contribution in [-0.4, -0.2) is 13.4 Å². The molecule has 118 valence electrons. The van der Waals surface area contributed by atoms with Gasteiger partial charge in [0.1, 0.15) is 16.5 Å². The van der Waals surface area contributed by atoms with Gasteiger partial charge in [0.15, 0.2) is 0 Å². The van der Waals surface area contributed by atoms with Crippen LogP contribution in [0.3, 0.4) is 0 Å². The van der Waals surface area contributed by atoms with E-state index in [0.717, 1.165) is 23.9 Å². The maximum absolute atomic E-state index is 13.3. The maximum atomic E-state index is 13.3. The summed E-state index contributed by atoms with van der Waals surface area (Å²) in [5.74, 6) is -1.96. The smallest absolute Gasteiger partial charge is 0.209 e. The molecule has 0 N–H and O–H groups in total. The van der Waals surface area contributed by atoms with Crippen LogP contribution in [0.4, 0.5) is 8.78 Å². The molecular formula is C16H10ClF2NO2S. The molecule has 1 heterocycles. The van der Waals surface area contributed by atoms with Crippen LogP contribution < -0.4 is 0 Å². The molecule has 0 bridgehead atoms. The summed E-state index contributed by atoms with van der Waals surface area (Å²) in [7, 11) is -4.19. The molecule has 0 aliphatic carbocycles. The topological polar surface area (TPSA) is 47.0 Å². The molecule has 3 rings (SSSR count). The van der Waals surface area contributed by atoms with Gasteiger partial charge < -0.3 is 0 Å². The van der Waals surface area contributed by atoms with Crippen molar-refractivity contribution in [2.45, 2.75) is 16.7 Å². The van der Waals surface area contributed by atoms with Gasteiger partial charge in [0.25, 0.3) is 0 Å². The highest BCUT2D eigenvalue weighted by atomic mass is 35.5. The lowest BCUT2D eigenvalue weighted by Gasteiger charge is -2.09. The summed E-state index contributed by atoms with van der Waals surface area (Å²) in [4.78, 5) is 3.27. The van der Waals surface area contributed by atoms with Crippen LogP contribution in [0.5, 0.6) is 0 Å². The summed E-state index contributed by atoms with van der Waals surface area (Å²) in [5.41, 5.74) is 1.41. The molecule has 2 aromatic carbocycles. The lowest BCUT2D eigenvalue weighted by molar-refractivity contribution is 0.567. The second-order valence-electron chi connectivity index (χ2n) is 5.07. The number of pyridine rings is 1. The Morgan fingerprint density at radius 2 is 1.70 bits per heavy atom. The molecule has 0 unspecified atom stereocenters. The Hall–Kier alpha value is -2.05. The number of aryl methyl sites for hydroxylation is 1. The minimum atomic E-state index is -4.19. The fourth-order valence-electron chi connectivity index (χ4n) is 2.25. The quantitative estimate of drug-likeness (QED) is 0.689.